The van der Waals surface area contributed by atoms with Gasteiger partial charge in [-0.1, -0.05) is 24.3 Å². The fraction of sp³-hybridized carbons (Fsp3) is 0.364. The minimum Gasteiger partial charge on any atom is -0.211 e. The van der Waals surface area contributed by atoms with Gasteiger partial charge in [0, 0.05) is 0 Å². The lowest BCUT2D eigenvalue weighted by Crippen LogP contribution is -2.08. The number of benzene rings is 2. The number of nitrogens with zero attached hydrogens (tertiary/aromatic N) is 4. The number of hydrogen-bond acceptors (Lipinski definition) is 8. The Bertz CT molecular complexity index is 1090. The Morgan fingerprint density at radius 3 is 1.57 bits per heavy atom. The van der Waals surface area contributed by atoms with Crippen molar-refractivity contribution in [3.8, 4) is 0 Å². The fourth-order valence-corrected chi connectivity index (χ4v) is 3.64. The summed E-state index contributed by atoms with van der Waals surface area (Å²) in [5, 5.41) is 1.91. The molecule has 0 bridgehead atoms. The summed E-state index contributed by atoms with van der Waals surface area (Å²) in [5.41, 5.74) is 3.63. The van der Waals surface area contributed by atoms with Crippen LogP contribution in [0.5, 0.6) is 0 Å². The van der Waals surface area contributed by atoms with Crippen LogP contribution in [-0.4, -0.2) is 37.4 Å². The minimum absolute atomic E-state index is 0.101. The van der Waals surface area contributed by atoms with Gasteiger partial charge in [0.2, 0.25) is 24.3 Å². The molecule has 0 unspecified atom stereocenters. The molecule has 0 N–H and O–H groups in total. The molecular formula is C22H20N4O4. The Labute approximate surface area is 173 Å². The van der Waals surface area contributed by atoms with Gasteiger partial charge in [-0.15, -0.1) is 0 Å². The first-order valence-electron chi connectivity index (χ1n) is 9.47. The molecule has 0 amide bonds. The minimum atomic E-state index is 0.101. The maximum atomic E-state index is 10.8. The molecule has 0 spiro atoms. The molecule has 0 aromatic heterocycles. The Balaban J connectivity index is 2.71. The average Bonchev–Trinajstić information content (AvgIpc) is 2.77. The zero-order chi connectivity index (χ0) is 21.6. The van der Waals surface area contributed by atoms with Gasteiger partial charge in [0.1, 0.15) is 0 Å². The van der Waals surface area contributed by atoms with E-state index in [0.717, 1.165) is 33.0 Å². The lowest BCUT2D eigenvalue weighted by molar-refractivity contribution is 0.561. The van der Waals surface area contributed by atoms with Gasteiger partial charge in [-0.05, 0) is 58.7 Å². The first-order valence-corrected chi connectivity index (χ1v) is 9.47. The van der Waals surface area contributed by atoms with Crippen molar-refractivity contribution in [2.45, 2.75) is 38.8 Å². The van der Waals surface area contributed by atoms with E-state index >= 15 is 0 Å². The third kappa shape index (κ3) is 5.86. The molecule has 30 heavy (non-hydrogen) atoms. The van der Waals surface area contributed by atoms with Gasteiger partial charge in [-0.2, -0.15) is 0 Å². The van der Waals surface area contributed by atoms with Crippen LogP contribution in [0.2, 0.25) is 0 Å². The maximum Gasteiger partial charge on any atom is 0.235 e. The molecule has 2 rings (SSSR count). The zero-order valence-electron chi connectivity index (χ0n) is 16.4. The van der Waals surface area contributed by atoms with Crippen molar-refractivity contribution in [1.82, 2.24) is 0 Å². The van der Waals surface area contributed by atoms with Crippen LogP contribution in [-0.2, 0) is 45.1 Å². The maximum absolute atomic E-state index is 10.8. The van der Waals surface area contributed by atoms with E-state index in [-0.39, 0.29) is 13.1 Å². The molecule has 0 saturated heterocycles. The van der Waals surface area contributed by atoms with Crippen LogP contribution in [0.25, 0.3) is 10.8 Å². The third-order valence-electron chi connectivity index (χ3n) is 4.80. The first-order chi connectivity index (χ1) is 14.8. The van der Waals surface area contributed by atoms with E-state index < -0.39 is 0 Å². The van der Waals surface area contributed by atoms with Crippen molar-refractivity contribution < 1.29 is 19.2 Å². The molecule has 8 heteroatoms. The third-order valence-corrected chi connectivity index (χ3v) is 4.80. The second-order valence-corrected chi connectivity index (χ2v) is 6.43. The highest BCUT2D eigenvalue weighted by atomic mass is 16.1. The molecule has 152 valence electrons. The van der Waals surface area contributed by atoms with Crippen LogP contribution in [0.3, 0.4) is 0 Å². The lowest BCUT2D eigenvalue weighted by Gasteiger charge is -2.21. The summed E-state index contributed by atoms with van der Waals surface area (Å²) < 4.78 is 0. The van der Waals surface area contributed by atoms with Crippen LogP contribution >= 0.6 is 0 Å². The van der Waals surface area contributed by atoms with E-state index in [1.165, 1.54) is 6.08 Å². The molecule has 2 aromatic carbocycles. The quantitative estimate of drug-likeness (QED) is 0.307. The number of hydrogen-bond donors (Lipinski definition) is 0. The predicted molar refractivity (Wildman–Crippen MR) is 110 cm³/mol. The highest BCUT2D eigenvalue weighted by Gasteiger charge is 2.18. The summed E-state index contributed by atoms with van der Waals surface area (Å²) in [4.78, 5) is 57.1. The van der Waals surface area contributed by atoms with E-state index in [1.54, 1.807) is 18.2 Å². The number of fused-ring (bicyclic) bond motifs is 1. The summed E-state index contributed by atoms with van der Waals surface area (Å²) in [6.07, 6.45) is 8.69. The lowest BCUT2D eigenvalue weighted by atomic mass is 9.85. The number of aryl methyl sites for hydroxylation is 1. The van der Waals surface area contributed by atoms with Gasteiger partial charge in [0.25, 0.3) is 0 Å². The van der Waals surface area contributed by atoms with Crippen LogP contribution in [0, 0.1) is 0 Å². The summed E-state index contributed by atoms with van der Waals surface area (Å²) in [7, 11) is 0. The molecule has 0 aliphatic carbocycles. The standard InChI is InChI=1S/C22H20N4O4/c27-13-23-9-3-7-18-17-5-1-2-6-19(17)21(11-25-15-29)22(12-26-16-30)20(18)8-4-10-24-14-28/h1-2,5-6H,3-4,7-12H2. The van der Waals surface area contributed by atoms with E-state index in [9.17, 15) is 19.2 Å². The van der Waals surface area contributed by atoms with Gasteiger partial charge in [0.15, 0.2) is 0 Å². The number of carbonyl (C=O) groups excluding carboxylic acids is 4. The Hall–Kier alpha value is -3.78. The van der Waals surface area contributed by atoms with Crippen molar-refractivity contribution in [3.63, 3.8) is 0 Å². The molecule has 0 heterocycles. The monoisotopic (exact) mass is 404 g/mol. The molecule has 0 aliphatic rings. The average molecular weight is 404 g/mol. The smallest absolute Gasteiger partial charge is 0.211 e. The molecule has 0 atom stereocenters. The Morgan fingerprint density at radius 1 is 0.567 bits per heavy atom. The highest BCUT2D eigenvalue weighted by Crippen LogP contribution is 2.34. The van der Waals surface area contributed by atoms with E-state index in [2.05, 4.69) is 20.0 Å². The molecule has 0 saturated carbocycles. The summed E-state index contributed by atoms with van der Waals surface area (Å²) in [5.74, 6) is 0. The molecule has 2 aromatic rings. The predicted octanol–water partition coefficient (Wildman–Crippen LogP) is 3.05. The number of isocyanates is 4. The highest BCUT2D eigenvalue weighted by molar-refractivity contribution is 5.91. The van der Waals surface area contributed by atoms with Crippen LogP contribution < -0.4 is 0 Å². The Kier molecular flexibility index (Phi) is 9.48. The van der Waals surface area contributed by atoms with E-state index in [0.29, 0.717) is 38.8 Å². The van der Waals surface area contributed by atoms with Gasteiger partial charge in [-0.3, -0.25) is 0 Å². The van der Waals surface area contributed by atoms with Gasteiger partial charge >= 0.3 is 0 Å². The van der Waals surface area contributed by atoms with Crippen LogP contribution in [0.15, 0.2) is 44.2 Å². The number of rotatable bonds is 12. The first kappa shape index (κ1) is 22.5. The topological polar surface area (TPSA) is 118 Å². The van der Waals surface area contributed by atoms with Crippen LogP contribution in [0.1, 0.15) is 35.1 Å². The van der Waals surface area contributed by atoms with Crippen molar-refractivity contribution in [3.05, 3.63) is 46.5 Å². The normalized spacial score (nSPS) is 9.73. The van der Waals surface area contributed by atoms with Crippen LogP contribution in [0.4, 0.5) is 0 Å². The van der Waals surface area contributed by atoms with Gasteiger partial charge in [0.05, 0.1) is 26.2 Å². The van der Waals surface area contributed by atoms with Gasteiger partial charge in [-0.25, -0.2) is 39.1 Å². The molecule has 0 radical (unpaired) electrons. The van der Waals surface area contributed by atoms with Crippen molar-refractivity contribution >= 4 is 35.1 Å². The van der Waals surface area contributed by atoms with Crippen molar-refractivity contribution in [1.29, 1.82) is 0 Å². The van der Waals surface area contributed by atoms with Crippen molar-refractivity contribution in [2.75, 3.05) is 13.1 Å². The summed E-state index contributed by atoms with van der Waals surface area (Å²) in [6.45, 7) is 0.891. The fourth-order valence-electron chi connectivity index (χ4n) is 3.64. The summed E-state index contributed by atoms with van der Waals surface area (Å²) >= 11 is 0. The SMILES string of the molecule is O=C=NCCCc1c(CN=C=O)c(CN=C=O)c2ccccc2c1CCCN=C=O. The summed E-state index contributed by atoms with van der Waals surface area (Å²) in [6, 6.07) is 7.74. The second-order valence-electron chi connectivity index (χ2n) is 6.43. The zero-order valence-corrected chi connectivity index (χ0v) is 16.4. The molecule has 0 fully saturated rings. The largest absolute Gasteiger partial charge is 0.235 e. The van der Waals surface area contributed by atoms with E-state index in [1.807, 2.05) is 24.3 Å². The van der Waals surface area contributed by atoms with Crippen molar-refractivity contribution in [2.24, 2.45) is 20.0 Å². The Morgan fingerprint density at radius 2 is 1.03 bits per heavy atom. The van der Waals surface area contributed by atoms with Gasteiger partial charge < -0.3 is 0 Å². The number of aliphatic imine (C=N–C) groups is 4. The molecule has 0 aliphatic heterocycles. The second kappa shape index (κ2) is 12.6. The molecule has 8 nitrogen and oxygen atoms in total. The molecular weight excluding hydrogens is 384 g/mol. The van der Waals surface area contributed by atoms with E-state index in [4.69, 9.17) is 0 Å².